The Bertz CT molecular complexity index is 1030. The van der Waals surface area contributed by atoms with Crippen LogP contribution in [0, 0.1) is 6.92 Å². The van der Waals surface area contributed by atoms with E-state index in [9.17, 15) is 4.79 Å². The smallest absolute Gasteiger partial charge is 0.264 e. The van der Waals surface area contributed by atoms with Crippen LogP contribution in [0.4, 0.5) is 5.69 Å². The molecule has 1 aliphatic heterocycles. The number of hydrogen-bond acceptors (Lipinski definition) is 5. The van der Waals surface area contributed by atoms with Crippen LogP contribution in [-0.2, 0) is 4.79 Å². The van der Waals surface area contributed by atoms with Gasteiger partial charge in [-0.05, 0) is 42.8 Å². The first-order valence-corrected chi connectivity index (χ1v) is 8.75. The van der Waals surface area contributed by atoms with Crippen molar-refractivity contribution in [3.05, 3.63) is 48.0 Å². The molecule has 27 heavy (non-hydrogen) atoms. The summed E-state index contributed by atoms with van der Waals surface area (Å²) in [6.45, 7) is 2.31. The Labute approximate surface area is 157 Å². The van der Waals surface area contributed by atoms with Crippen LogP contribution in [0.3, 0.4) is 0 Å². The predicted molar refractivity (Wildman–Crippen MR) is 103 cm³/mol. The van der Waals surface area contributed by atoms with E-state index in [0.717, 1.165) is 33.4 Å². The lowest BCUT2D eigenvalue weighted by Crippen LogP contribution is -2.35. The van der Waals surface area contributed by atoms with Crippen LogP contribution in [0.2, 0.25) is 0 Å². The van der Waals surface area contributed by atoms with Gasteiger partial charge in [0.2, 0.25) is 0 Å². The van der Waals surface area contributed by atoms with Crippen molar-refractivity contribution in [2.75, 3.05) is 31.8 Å². The summed E-state index contributed by atoms with van der Waals surface area (Å²) in [6, 6.07) is 13.5. The first kappa shape index (κ1) is 17.3. The second-order valence-corrected chi connectivity index (χ2v) is 6.50. The fourth-order valence-corrected chi connectivity index (χ4v) is 3.22. The Kier molecular flexibility index (Phi) is 4.41. The molecule has 138 valence electrons. The number of rotatable bonds is 4. The standard InChI is InChI=1S/C21H20N2O4/c1-13-8-17(14-4-3-5-15(9-14)26-7-6-24)22-18-11-19-20(10-16(13)18)27-12-21(25)23(19)2/h3-5,8-11,24H,6-7,12H2,1-2H3. The quantitative estimate of drug-likeness (QED) is 0.771. The van der Waals surface area contributed by atoms with E-state index in [0.29, 0.717) is 11.5 Å². The maximum absolute atomic E-state index is 11.9. The highest BCUT2D eigenvalue weighted by molar-refractivity contribution is 6.01. The minimum absolute atomic E-state index is 0.0308. The number of carbonyl (C=O) groups excluding carboxylic acids is 1. The zero-order chi connectivity index (χ0) is 19.0. The van der Waals surface area contributed by atoms with E-state index in [4.69, 9.17) is 19.6 Å². The summed E-state index contributed by atoms with van der Waals surface area (Å²) in [6.07, 6.45) is 0. The van der Waals surface area contributed by atoms with E-state index in [-0.39, 0.29) is 25.7 Å². The molecule has 0 saturated heterocycles. The molecule has 0 spiro atoms. The normalized spacial score (nSPS) is 13.4. The maximum Gasteiger partial charge on any atom is 0.264 e. The zero-order valence-corrected chi connectivity index (χ0v) is 15.2. The van der Waals surface area contributed by atoms with Gasteiger partial charge in [-0.2, -0.15) is 0 Å². The van der Waals surface area contributed by atoms with Crippen molar-refractivity contribution in [2.24, 2.45) is 0 Å². The summed E-state index contributed by atoms with van der Waals surface area (Å²) < 4.78 is 11.1. The molecule has 0 fully saturated rings. The van der Waals surface area contributed by atoms with E-state index < -0.39 is 0 Å². The summed E-state index contributed by atoms with van der Waals surface area (Å²) in [5.41, 5.74) is 4.34. The van der Waals surface area contributed by atoms with E-state index >= 15 is 0 Å². The van der Waals surface area contributed by atoms with Gasteiger partial charge in [-0.3, -0.25) is 4.79 Å². The molecule has 1 aromatic heterocycles. The summed E-state index contributed by atoms with van der Waals surface area (Å²) in [4.78, 5) is 18.3. The molecule has 1 amide bonds. The summed E-state index contributed by atoms with van der Waals surface area (Å²) in [5.74, 6) is 1.30. The molecule has 4 rings (SSSR count). The molecular formula is C21H20N2O4. The van der Waals surface area contributed by atoms with Crippen LogP contribution >= 0.6 is 0 Å². The van der Waals surface area contributed by atoms with Gasteiger partial charge in [0.15, 0.2) is 6.61 Å². The first-order chi connectivity index (χ1) is 13.1. The molecule has 1 aliphatic rings. The average Bonchev–Trinajstić information content (AvgIpc) is 2.68. The molecule has 0 bridgehead atoms. The molecular weight excluding hydrogens is 344 g/mol. The number of aromatic nitrogens is 1. The molecule has 0 radical (unpaired) electrons. The van der Waals surface area contributed by atoms with Crippen LogP contribution in [-0.4, -0.2) is 42.9 Å². The number of nitrogens with zero attached hydrogens (tertiary/aromatic N) is 2. The van der Waals surface area contributed by atoms with Crippen LogP contribution in [0.1, 0.15) is 5.56 Å². The van der Waals surface area contributed by atoms with Crippen molar-refractivity contribution in [1.82, 2.24) is 4.98 Å². The van der Waals surface area contributed by atoms with Crippen molar-refractivity contribution in [1.29, 1.82) is 0 Å². The minimum atomic E-state index is -0.0801. The van der Waals surface area contributed by atoms with Crippen molar-refractivity contribution in [3.8, 4) is 22.8 Å². The van der Waals surface area contributed by atoms with Crippen molar-refractivity contribution in [3.63, 3.8) is 0 Å². The monoisotopic (exact) mass is 364 g/mol. The van der Waals surface area contributed by atoms with Gasteiger partial charge in [0.25, 0.3) is 5.91 Å². The van der Waals surface area contributed by atoms with Gasteiger partial charge < -0.3 is 19.5 Å². The Morgan fingerprint density at radius 1 is 1.26 bits per heavy atom. The van der Waals surface area contributed by atoms with Crippen LogP contribution in [0.25, 0.3) is 22.2 Å². The number of likely N-dealkylation sites (N-methyl/N-ethyl adjacent to an activating group) is 1. The lowest BCUT2D eigenvalue weighted by atomic mass is 10.0. The molecule has 6 nitrogen and oxygen atoms in total. The second-order valence-electron chi connectivity index (χ2n) is 6.50. The van der Waals surface area contributed by atoms with Gasteiger partial charge in [0, 0.05) is 18.0 Å². The van der Waals surface area contributed by atoms with Crippen molar-refractivity contribution in [2.45, 2.75) is 6.92 Å². The molecule has 6 heteroatoms. The number of aryl methyl sites for hydroxylation is 1. The van der Waals surface area contributed by atoms with Gasteiger partial charge in [0.05, 0.1) is 23.5 Å². The lowest BCUT2D eigenvalue weighted by Gasteiger charge is -2.26. The topological polar surface area (TPSA) is 71.9 Å². The molecule has 0 aliphatic carbocycles. The number of anilines is 1. The third kappa shape index (κ3) is 3.19. The summed E-state index contributed by atoms with van der Waals surface area (Å²) >= 11 is 0. The number of aliphatic hydroxyl groups excluding tert-OH is 1. The average molecular weight is 364 g/mol. The number of ether oxygens (including phenoxy) is 2. The zero-order valence-electron chi connectivity index (χ0n) is 15.2. The van der Waals surface area contributed by atoms with Crippen LogP contribution < -0.4 is 14.4 Å². The maximum atomic E-state index is 11.9. The van der Waals surface area contributed by atoms with Gasteiger partial charge in [-0.25, -0.2) is 4.98 Å². The molecule has 0 atom stereocenters. The number of benzene rings is 2. The lowest BCUT2D eigenvalue weighted by molar-refractivity contribution is -0.120. The third-order valence-corrected chi connectivity index (χ3v) is 4.67. The Morgan fingerprint density at radius 2 is 2.11 bits per heavy atom. The second kappa shape index (κ2) is 6.89. The number of carbonyl (C=O) groups is 1. The molecule has 1 N–H and O–H groups in total. The predicted octanol–water partition coefficient (Wildman–Crippen LogP) is 2.94. The fourth-order valence-electron chi connectivity index (χ4n) is 3.22. The first-order valence-electron chi connectivity index (χ1n) is 8.75. The molecule has 2 aromatic carbocycles. The van der Waals surface area contributed by atoms with Gasteiger partial charge in [-0.1, -0.05) is 12.1 Å². The van der Waals surface area contributed by atoms with Crippen LogP contribution in [0.5, 0.6) is 11.5 Å². The minimum Gasteiger partial charge on any atom is -0.491 e. The Balaban J connectivity index is 1.80. The Morgan fingerprint density at radius 3 is 2.93 bits per heavy atom. The van der Waals surface area contributed by atoms with Crippen molar-refractivity contribution >= 4 is 22.5 Å². The number of hydrogen-bond donors (Lipinski definition) is 1. The van der Waals surface area contributed by atoms with E-state index in [1.54, 1.807) is 11.9 Å². The largest absolute Gasteiger partial charge is 0.491 e. The Hall–Kier alpha value is -3.12. The van der Waals surface area contributed by atoms with Gasteiger partial charge in [-0.15, -0.1) is 0 Å². The number of amides is 1. The number of fused-ring (bicyclic) bond motifs is 2. The SMILES string of the molecule is Cc1cc(-c2cccc(OCCO)c2)nc2cc3c(cc12)OCC(=O)N3C. The van der Waals surface area contributed by atoms with Crippen LogP contribution in [0.15, 0.2) is 42.5 Å². The molecule has 2 heterocycles. The van der Waals surface area contributed by atoms with E-state index in [2.05, 4.69) is 0 Å². The summed E-state index contributed by atoms with van der Waals surface area (Å²) in [5, 5.41) is 9.92. The van der Waals surface area contributed by atoms with Crippen molar-refractivity contribution < 1.29 is 19.4 Å². The molecule has 0 saturated carbocycles. The van der Waals surface area contributed by atoms with E-state index in [1.165, 1.54) is 0 Å². The highest BCUT2D eigenvalue weighted by Gasteiger charge is 2.23. The molecule has 3 aromatic rings. The number of aliphatic hydroxyl groups is 1. The summed E-state index contributed by atoms with van der Waals surface area (Å²) in [7, 11) is 1.74. The van der Waals surface area contributed by atoms with Gasteiger partial charge >= 0.3 is 0 Å². The van der Waals surface area contributed by atoms with E-state index in [1.807, 2.05) is 49.4 Å². The van der Waals surface area contributed by atoms with Gasteiger partial charge in [0.1, 0.15) is 18.1 Å². The third-order valence-electron chi connectivity index (χ3n) is 4.67. The number of pyridine rings is 1. The highest BCUT2D eigenvalue weighted by atomic mass is 16.5. The molecule has 0 unspecified atom stereocenters. The fraction of sp³-hybridized carbons (Fsp3) is 0.238. The highest BCUT2D eigenvalue weighted by Crippen LogP contribution is 2.37.